The van der Waals surface area contributed by atoms with Gasteiger partial charge >= 0.3 is 0 Å². The summed E-state index contributed by atoms with van der Waals surface area (Å²) in [6.07, 6.45) is 8.90. The summed E-state index contributed by atoms with van der Waals surface area (Å²) in [6.45, 7) is 1.94. The summed E-state index contributed by atoms with van der Waals surface area (Å²) in [4.78, 5) is 4.69. The minimum absolute atomic E-state index is 0.266. The normalized spacial score (nSPS) is 16.3. The average Bonchev–Trinajstić information content (AvgIpc) is 3.69. The number of aryl methyl sites for hydroxylation is 1. The fourth-order valence-electron chi connectivity index (χ4n) is 4.92. The zero-order chi connectivity index (χ0) is 23.6. The second kappa shape index (κ2) is 9.57. The minimum Gasteiger partial charge on any atom is -0.474 e. The topological polar surface area (TPSA) is 60.2 Å². The fourth-order valence-corrected chi connectivity index (χ4v) is 4.92. The highest BCUT2D eigenvalue weighted by molar-refractivity contribution is 5.79. The minimum atomic E-state index is 0.266. The number of rotatable bonds is 7. The molecule has 2 heterocycles. The van der Waals surface area contributed by atoms with Gasteiger partial charge < -0.3 is 14.6 Å². The maximum absolute atomic E-state index is 6.15. The third-order valence-corrected chi connectivity index (χ3v) is 7.12. The number of nitrogens with zero attached hydrogens (tertiary/aromatic N) is 2. The van der Waals surface area contributed by atoms with Gasteiger partial charge in [0.05, 0.1) is 0 Å². The number of aromatic nitrogens is 2. The Morgan fingerprint density at radius 3 is 2.20 bits per heavy atom. The molecule has 4 aromatic rings. The molecule has 5 heteroatoms. The predicted octanol–water partition coefficient (Wildman–Crippen LogP) is 8.04. The molecule has 0 aliphatic heterocycles. The molecule has 2 fully saturated rings. The molecule has 0 bridgehead atoms. The standard InChI is InChI=1S/C30H31N3O2/c1-20-29(32-27-8-5-9-28(31-27)34-26-6-3-2-4-7-26)30(35-33-20)25-18-16-24(17-19-25)23-14-12-22(13-15-23)21-10-11-21/h5,8-9,12-19,21,26H,2-4,6-7,10-11H2,1H3,(H,31,32). The molecule has 0 amide bonds. The first-order chi connectivity index (χ1) is 17.2. The van der Waals surface area contributed by atoms with Crippen molar-refractivity contribution < 1.29 is 9.26 Å². The summed E-state index contributed by atoms with van der Waals surface area (Å²) in [5, 5.41) is 7.64. The van der Waals surface area contributed by atoms with E-state index in [0.29, 0.717) is 11.6 Å². The van der Waals surface area contributed by atoms with Crippen LogP contribution in [0.4, 0.5) is 11.5 Å². The molecule has 5 nitrogen and oxygen atoms in total. The molecule has 0 atom stereocenters. The Balaban J connectivity index is 1.19. The maximum atomic E-state index is 6.15. The van der Waals surface area contributed by atoms with Crippen LogP contribution < -0.4 is 10.1 Å². The Bertz CT molecular complexity index is 1280. The molecule has 0 unspecified atom stereocenters. The van der Waals surface area contributed by atoms with Crippen LogP contribution in [-0.2, 0) is 0 Å². The van der Waals surface area contributed by atoms with Gasteiger partial charge in [-0.05, 0) is 74.1 Å². The van der Waals surface area contributed by atoms with E-state index in [1.807, 2.05) is 25.1 Å². The Hall–Kier alpha value is -3.60. The Labute approximate surface area is 206 Å². The van der Waals surface area contributed by atoms with Crippen molar-refractivity contribution in [2.24, 2.45) is 0 Å². The molecule has 0 saturated heterocycles. The van der Waals surface area contributed by atoms with Gasteiger partial charge in [0.25, 0.3) is 0 Å². The Morgan fingerprint density at radius 1 is 0.800 bits per heavy atom. The Morgan fingerprint density at radius 2 is 1.49 bits per heavy atom. The summed E-state index contributed by atoms with van der Waals surface area (Å²) in [6, 6.07) is 23.3. The first kappa shape index (κ1) is 21.9. The van der Waals surface area contributed by atoms with Crippen molar-refractivity contribution in [3.8, 4) is 28.3 Å². The monoisotopic (exact) mass is 465 g/mol. The molecule has 2 aliphatic rings. The van der Waals surface area contributed by atoms with E-state index in [0.717, 1.165) is 41.5 Å². The first-order valence-corrected chi connectivity index (χ1v) is 12.8. The number of hydrogen-bond donors (Lipinski definition) is 1. The van der Waals surface area contributed by atoms with Gasteiger partial charge in [0.15, 0.2) is 5.76 Å². The summed E-state index contributed by atoms with van der Waals surface area (Å²) in [7, 11) is 0. The molecule has 0 spiro atoms. The van der Waals surface area contributed by atoms with Crippen molar-refractivity contribution in [2.45, 2.75) is 63.9 Å². The van der Waals surface area contributed by atoms with Gasteiger partial charge in [-0.15, -0.1) is 0 Å². The number of pyridine rings is 1. The lowest BCUT2D eigenvalue weighted by atomic mass is 9.98. The van der Waals surface area contributed by atoms with Crippen molar-refractivity contribution >= 4 is 11.5 Å². The van der Waals surface area contributed by atoms with Crippen LogP contribution in [0, 0.1) is 6.92 Å². The van der Waals surface area contributed by atoms with Crippen LogP contribution in [-0.4, -0.2) is 16.2 Å². The first-order valence-electron chi connectivity index (χ1n) is 12.8. The number of ether oxygens (including phenoxy) is 1. The summed E-state index contributed by atoms with van der Waals surface area (Å²) in [5.41, 5.74) is 6.47. The van der Waals surface area contributed by atoms with Gasteiger partial charge in [0.2, 0.25) is 5.88 Å². The molecule has 2 aliphatic carbocycles. The average molecular weight is 466 g/mol. The summed E-state index contributed by atoms with van der Waals surface area (Å²) < 4.78 is 11.9. The second-order valence-corrected chi connectivity index (χ2v) is 9.81. The molecule has 2 saturated carbocycles. The molecule has 2 aromatic heterocycles. The van der Waals surface area contributed by atoms with E-state index in [4.69, 9.17) is 14.2 Å². The van der Waals surface area contributed by atoms with Crippen molar-refractivity contribution in [2.75, 3.05) is 5.32 Å². The lowest BCUT2D eigenvalue weighted by Gasteiger charge is -2.22. The van der Waals surface area contributed by atoms with Crippen LogP contribution in [0.1, 0.15) is 62.1 Å². The lowest BCUT2D eigenvalue weighted by molar-refractivity contribution is 0.149. The van der Waals surface area contributed by atoms with Crippen LogP contribution in [0.2, 0.25) is 0 Å². The van der Waals surface area contributed by atoms with E-state index < -0.39 is 0 Å². The zero-order valence-corrected chi connectivity index (χ0v) is 20.2. The molecule has 0 radical (unpaired) electrons. The SMILES string of the molecule is Cc1noc(-c2ccc(-c3ccc(C4CC4)cc3)cc2)c1Nc1cccc(OC2CCCCC2)n1. The van der Waals surface area contributed by atoms with Gasteiger partial charge in [-0.3, -0.25) is 0 Å². The molecular weight excluding hydrogens is 434 g/mol. The molecule has 178 valence electrons. The van der Waals surface area contributed by atoms with Crippen LogP contribution in [0.3, 0.4) is 0 Å². The summed E-state index contributed by atoms with van der Waals surface area (Å²) in [5.74, 6) is 2.87. The number of nitrogens with one attached hydrogen (secondary N) is 1. The van der Waals surface area contributed by atoms with Gasteiger partial charge in [-0.25, -0.2) is 0 Å². The van der Waals surface area contributed by atoms with E-state index in [2.05, 4.69) is 59.0 Å². The Kier molecular flexibility index (Phi) is 5.99. The fraction of sp³-hybridized carbons (Fsp3) is 0.333. The maximum Gasteiger partial charge on any atom is 0.215 e. The smallest absolute Gasteiger partial charge is 0.215 e. The second-order valence-electron chi connectivity index (χ2n) is 9.81. The quantitative estimate of drug-likeness (QED) is 0.299. The highest BCUT2D eigenvalue weighted by Crippen LogP contribution is 2.40. The molecule has 2 aromatic carbocycles. The zero-order valence-electron chi connectivity index (χ0n) is 20.2. The molecular formula is C30H31N3O2. The van der Waals surface area contributed by atoms with Crippen LogP contribution >= 0.6 is 0 Å². The van der Waals surface area contributed by atoms with E-state index in [-0.39, 0.29) is 6.10 Å². The van der Waals surface area contributed by atoms with Crippen molar-refractivity contribution in [3.05, 3.63) is 78.0 Å². The molecule has 6 rings (SSSR count). The van der Waals surface area contributed by atoms with E-state index in [1.165, 1.54) is 48.8 Å². The molecule has 1 N–H and O–H groups in total. The van der Waals surface area contributed by atoms with Gasteiger partial charge in [-0.1, -0.05) is 66.2 Å². The summed E-state index contributed by atoms with van der Waals surface area (Å²) >= 11 is 0. The van der Waals surface area contributed by atoms with Crippen molar-refractivity contribution in [1.82, 2.24) is 10.1 Å². The third-order valence-electron chi connectivity index (χ3n) is 7.12. The highest BCUT2D eigenvalue weighted by Gasteiger charge is 2.23. The number of anilines is 2. The predicted molar refractivity (Wildman–Crippen MR) is 139 cm³/mol. The third kappa shape index (κ3) is 4.95. The van der Waals surface area contributed by atoms with Gasteiger partial charge in [-0.2, -0.15) is 4.98 Å². The van der Waals surface area contributed by atoms with Crippen molar-refractivity contribution in [3.63, 3.8) is 0 Å². The van der Waals surface area contributed by atoms with Crippen LogP contribution in [0.25, 0.3) is 22.5 Å². The van der Waals surface area contributed by atoms with E-state index in [1.54, 1.807) is 0 Å². The van der Waals surface area contributed by atoms with Crippen molar-refractivity contribution in [1.29, 1.82) is 0 Å². The largest absolute Gasteiger partial charge is 0.474 e. The van der Waals surface area contributed by atoms with Gasteiger partial charge in [0.1, 0.15) is 23.3 Å². The van der Waals surface area contributed by atoms with Crippen LogP contribution in [0.15, 0.2) is 71.3 Å². The number of hydrogen-bond acceptors (Lipinski definition) is 5. The lowest BCUT2D eigenvalue weighted by Crippen LogP contribution is -2.20. The van der Waals surface area contributed by atoms with Gasteiger partial charge in [0, 0.05) is 11.6 Å². The molecule has 35 heavy (non-hydrogen) atoms. The van der Waals surface area contributed by atoms with E-state index in [9.17, 15) is 0 Å². The van der Waals surface area contributed by atoms with Crippen LogP contribution in [0.5, 0.6) is 5.88 Å². The van der Waals surface area contributed by atoms with E-state index >= 15 is 0 Å². The highest BCUT2D eigenvalue weighted by atomic mass is 16.5. The number of benzene rings is 2.